The Morgan fingerprint density at radius 3 is 2.56 bits per heavy atom. The van der Waals surface area contributed by atoms with Crippen molar-refractivity contribution in [3.05, 3.63) is 0 Å². The van der Waals surface area contributed by atoms with Gasteiger partial charge in [0.2, 0.25) is 0 Å². The van der Waals surface area contributed by atoms with E-state index >= 15 is 0 Å². The van der Waals surface area contributed by atoms with Gasteiger partial charge in [0.1, 0.15) is 4.58 Å². The molecule has 9 heavy (non-hydrogen) atoms. The lowest BCUT2D eigenvalue weighted by Crippen LogP contribution is -2.07. The fourth-order valence-corrected chi connectivity index (χ4v) is 3.58. The zero-order valence-corrected chi connectivity index (χ0v) is 7.06. The molecular weight excluding hydrogens is 152 g/mol. The van der Waals surface area contributed by atoms with Gasteiger partial charge in [-0.05, 0) is 0 Å². The van der Waals surface area contributed by atoms with E-state index < -0.39 is 0 Å². The molecule has 1 nitrogen and oxygen atoms in total. The molecule has 0 bridgehead atoms. The molecule has 0 atom stereocenters. The van der Waals surface area contributed by atoms with Crippen LogP contribution in [0.3, 0.4) is 0 Å². The number of thioether (sulfide) groups is 2. The van der Waals surface area contributed by atoms with Crippen molar-refractivity contribution in [3.63, 3.8) is 0 Å². The van der Waals surface area contributed by atoms with Crippen LogP contribution in [0.4, 0.5) is 0 Å². The fraction of sp³-hybridized carbons (Fsp3) is 0.833. The van der Waals surface area contributed by atoms with Crippen molar-refractivity contribution in [2.45, 2.75) is 17.9 Å². The molecule has 1 fully saturated rings. The van der Waals surface area contributed by atoms with Gasteiger partial charge in [-0.2, -0.15) is 0 Å². The molecule has 0 aromatic heterocycles. The van der Waals surface area contributed by atoms with Crippen LogP contribution in [0.1, 0.15) is 13.3 Å². The molecule has 0 spiro atoms. The highest BCUT2D eigenvalue weighted by Crippen LogP contribution is 2.32. The van der Waals surface area contributed by atoms with Crippen LogP contribution in [0.25, 0.3) is 0 Å². The van der Waals surface area contributed by atoms with Crippen molar-refractivity contribution in [3.8, 4) is 0 Å². The van der Waals surface area contributed by atoms with Gasteiger partial charge in [-0.3, -0.25) is 4.79 Å². The largest absolute Gasteiger partial charge is 0.298 e. The van der Waals surface area contributed by atoms with Gasteiger partial charge in [-0.15, -0.1) is 23.5 Å². The van der Waals surface area contributed by atoms with Gasteiger partial charge in [0.25, 0.3) is 0 Å². The minimum Gasteiger partial charge on any atom is -0.298 e. The molecule has 1 rings (SSSR count). The molecule has 0 aromatic rings. The Morgan fingerprint density at radius 1 is 1.56 bits per heavy atom. The number of carbonyl (C=O) groups excluding carboxylic acids is 1. The van der Waals surface area contributed by atoms with E-state index in [4.69, 9.17) is 0 Å². The minimum absolute atomic E-state index is 0.273. The molecule has 1 aliphatic rings. The highest BCUT2D eigenvalue weighted by atomic mass is 32.2. The van der Waals surface area contributed by atoms with Crippen LogP contribution < -0.4 is 0 Å². The van der Waals surface area contributed by atoms with E-state index in [2.05, 4.69) is 0 Å². The van der Waals surface area contributed by atoms with E-state index in [9.17, 15) is 4.79 Å². The smallest absolute Gasteiger partial charge is 0.155 e. The second kappa shape index (κ2) is 3.52. The van der Waals surface area contributed by atoms with Crippen molar-refractivity contribution in [1.82, 2.24) is 0 Å². The second-order valence-electron chi connectivity index (χ2n) is 1.89. The summed E-state index contributed by atoms with van der Waals surface area (Å²) in [5.74, 6) is 2.71. The average molecular weight is 162 g/mol. The summed E-state index contributed by atoms with van der Waals surface area (Å²) in [7, 11) is 0. The Hall–Kier alpha value is 0.370. The zero-order valence-electron chi connectivity index (χ0n) is 5.42. The Kier molecular flexibility index (Phi) is 2.92. The van der Waals surface area contributed by atoms with Gasteiger partial charge in [0.05, 0.1) is 0 Å². The van der Waals surface area contributed by atoms with Crippen LogP contribution in [-0.4, -0.2) is 21.9 Å². The van der Waals surface area contributed by atoms with Crippen LogP contribution in [0.15, 0.2) is 0 Å². The first-order valence-corrected chi connectivity index (χ1v) is 5.20. The summed E-state index contributed by atoms with van der Waals surface area (Å²) in [5, 5.41) is 0. The van der Waals surface area contributed by atoms with E-state index in [1.165, 1.54) is 0 Å². The summed E-state index contributed by atoms with van der Waals surface area (Å²) in [6.07, 6.45) is 0.699. The lowest BCUT2D eigenvalue weighted by Gasteiger charge is -2.01. The van der Waals surface area contributed by atoms with Crippen LogP contribution in [0, 0.1) is 0 Å². The minimum atomic E-state index is 0.273. The topological polar surface area (TPSA) is 17.1 Å². The van der Waals surface area contributed by atoms with Crippen molar-refractivity contribution in [1.29, 1.82) is 0 Å². The highest BCUT2D eigenvalue weighted by Gasteiger charge is 2.21. The molecule has 1 aliphatic heterocycles. The third-order valence-corrected chi connectivity index (χ3v) is 4.32. The van der Waals surface area contributed by atoms with Crippen LogP contribution in [0.5, 0.6) is 0 Å². The van der Waals surface area contributed by atoms with Crippen LogP contribution in [0.2, 0.25) is 0 Å². The molecule has 0 unspecified atom stereocenters. The Morgan fingerprint density at radius 2 is 2.11 bits per heavy atom. The molecule has 1 heterocycles. The predicted octanol–water partition coefficient (Wildman–Crippen LogP) is 1.77. The monoisotopic (exact) mass is 162 g/mol. The lowest BCUT2D eigenvalue weighted by atomic mass is 10.3. The summed E-state index contributed by atoms with van der Waals surface area (Å²) in [4.78, 5) is 11.0. The summed E-state index contributed by atoms with van der Waals surface area (Å²) in [5.41, 5.74) is 0. The van der Waals surface area contributed by atoms with Gasteiger partial charge >= 0.3 is 0 Å². The van der Waals surface area contributed by atoms with Crippen molar-refractivity contribution >= 4 is 29.3 Å². The van der Waals surface area contributed by atoms with Crippen LogP contribution in [-0.2, 0) is 4.79 Å². The van der Waals surface area contributed by atoms with Crippen molar-refractivity contribution in [2.75, 3.05) is 11.5 Å². The number of Topliss-reactive ketones (excluding diaryl/α,β-unsaturated/α-hetero) is 1. The maximum atomic E-state index is 11.0. The summed E-state index contributed by atoms with van der Waals surface area (Å²) >= 11 is 3.58. The molecular formula is C6H10OS2. The Bertz CT molecular complexity index is 108. The van der Waals surface area contributed by atoms with E-state index in [0.717, 1.165) is 11.5 Å². The normalized spacial score (nSPS) is 20.6. The molecule has 3 heteroatoms. The summed E-state index contributed by atoms with van der Waals surface area (Å²) in [6.45, 7) is 1.93. The van der Waals surface area contributed by atoms with E-state index in [1.807, 2.05) is 6.92 Å². The summed E-state index contributed by atoms with van der Waals surface area (Å²) in [6, 6.07) is 0. The molecule has 0 N–H and O–H groups in total. The maximum absolute atomic E-state index is 11.0. The van der Waals surface area contributed by atoms with Gasteiger partial charge < -0.3 is 0 Å². The first-order valence-electron chi connectivity index (χ1n) is 3.10. The Balaban J connectivity index is 2.32. The van der Waals surface area contributed by atoms with Crippen molar-refractivity contribution in [2.24, 2.45) is 0 Å². The molecule has 0 radical (unpaired) electrons. The number of hydrogen-bond acceptors (Lipinski definition) is 3. The van der Waals surface area contributed by atoms with E-state index in [1.54, 1.807) is 23.5 Å². The molecule has 1 saturated heterocycles. The number of rotatable bonds is 2. The third-order valence-electron chi connectivity index (χ3n) is 1.23. The lowest BCUT2D eigenvalue weighted by molar-refractivity contribution is -0.116. The second-order valence-corrected chi connectivity index (χ2v) is 4.62. The molecule has 52 valence electrons. The quantitative estimate of drug-likeness (QED) is 0.616. The molecule has 0 aliphatic carbocycles. The number of hydrogen-bond donors (Lipinski definition) is 0. The van der Waals surface area contributed by atoms with Crippen LogP contribution >= 0.6 is 23.5 Å². The molecule has 0 saturated carbocycles. The first-order chi connectivity index (χ1) is 4.34. The Labute approximate surface area is 64.0 Å². The van der Waals surface area contributed by atoms with E-state index in [-0.39, 0.29) is 4.58 Å². The highest BCUT2D eigenvalue weighted by molar-refractivity contribution is 8.21. The van der Waals surface area contributed by atoms with Gasteiger partial charge in [-0.1, -0.05) is 6.92 Å². The fourth-order valence-electron chi connectivity index (χ4n) is 0.711. The van der Waals surface area contributed by atoms with Gasteiger partial charge in [0, 0.05) is 17.9 Å². The number of ketones is 1. The van der Waals surface area contributed by atoms with Gasteiger partial charge in [0.15, 0.2) is 5.78 Å². The van der Waals surface area contributed by atoms with Crippen molar-refractivity contribution < 1.29 is 4.79 Å². The standard InChI is InChI=1S/C6H10OS2/c1-2-5(7)6-8-3-4-9-6/h6H,2-4H2,1H3. The molecule has 0 aromatic carbocycles. The molecule has 0 amide bonds. The first kappa shape index (κ1) is 7.48. The number of carbonyl (C=O) groups is 1. The van der Waals surface area contributed by atoms with E-state index in [0.29, 0.717) is 12.2 Å². The zero-order chi connectivity index (χ0) is 6.69. The maximum Gasteiger partial charge on any atom is 0.155 e. The SMILES string of the molecule is CCC(=O)C1SCCS1. The third kappa shape index (κ3) is 1.90. The summed E-state index contributed by atoms with van der Waals surface area (Å²) < 4.78 is 0.273. The average Bonchev–Trinajstić information content (AvgIpc) is 2.37. The van der Waals surface area contributed by atoms with Gasteiger partial charge in [-0.25, -0.2) is 0 Å². The predicted molar refractivity (Wildman–Crippen MR) is 44.0 cm³/mol.